The lowest BCUT2D eigenvalue weighted by Crippen LogP contribution is -2.40. The Morgan fingerprint density at radius 3 is 2.51 bits per heavy atom. The van der Waals surface area contributed by atoms with E-state index in [1.165, 1.54) is 31.4 Å². The molecule has 4 atom stereocenters. The monoisotopic (exact) mass is 617 g/mol. The lowest BCUT2D eigenvalue weighted by Gasteiger charge is -2.42. The van der Waals surface area contributed by atoms with Crippen molar-refractivity contribution in [3.05, 3.63) is 80.9 Å². The quantitative estimate of drug-likeness (QED) is 0.206. The highest BCUT2D eigenvalue weighted by atomic mass is 79.9. The number of anilines is 1. The molecule has 9 nitrogen and oxygen atoms in total. The Labute approximate surface area is 244 Å². The maximum Gasteiger partial charge on any atom is 0.488 e. The van der Waals surface area contributed by atoms with Gasteiger partial charge in [0.1, 0.15) is 0 Å². The van der Waals surface area contributed by atoms with E-state index in [4.69, 9.17) is 4.74 Å². The van der Waals surface area contributed by atoms with Crippen molar-refractivity contribution in [2.75, 3.05) is 12.0 Å². The number of rotatable bonds is 4. The molecule has 1 fully saturated rings. The summed E-state index contributed by atoms with van der Waals surface area (Å²) in [5.74, 6) is -4.43. The van der Waals surface area contributed by atoms with Gasteiger partial charge in [0, 0.05) is 32.7 Å². The first-order valence-corrected chi connectivity index (χ1v) is 13.9. The molecule has 0 saturated carbocycles. The summed E-state index contributed by atoms with van der Waals surface area (Å²) in [4.78, 5) is 55.6. The summed E-state index contributed by atoms with van der Waals surface area (Å²) in [5.41, 5.74) is 2.24. The van der Waals surface area contributed by atoms with Crippen LogP contribution in [0.4, 0.5) is 5.69 Å². The van der Waals surface area contributed by atoms with E-state index >= 15 is 0 Å². The van der Waals surface area contributed by atoms with Gasteiger partial charge in [-0.05, 0) is 61.5 Å². The Morgan fingerprint density at radius 1 is 1.05 bits per heavy atom. The summed E-state index contributed by atoms with van der Waals surface area (Å²) in [6, 6.07) is 9.22. The third kappa shape index (κ3) is 4.14. The van der Waals surface area contributed by atoms with Crippen molar-refractivity contribution < 1.29 is 39.1 Å². The molecule has 4 aliphatic rings. The number of aromatic hydroxyl groups is 1. The van der Waals surface area contributed by atoms with E-state index < -0.39 is 42.6 Å². The largest absolute Gasteiger partial charge is 0.504 e. The van der Waals surface area contributed by atoms with Crippen molar-refractivity contribution in [1.82, 2.24) is 0 Å². The van der Waals surface area contributed by atoms with Crippen LogP contribution in [-0.4, -0.2) is 52.8 Å². The van der Waals surface area contributed by atoms with Crippen LogP contribution in [0.2, 0.25) is 0 Å². The SMILES string of the molecule is COc1cc(Br)cc(C2C3=CCC4C(=O)N(c5cccc(B(O)O)c5)C(=O)C4C3CC3=C2C(=O)C(C)=CC3=O)c1O. The summed E-state index contributed by atoms with van der Waals surface area (Å²) in [6.07, 6.45) is 3.48. The number of phenolic OH excluding ortho intramolecular Hbond substituents is 1. The number of phenols is 1. The number of fused-ring (bicyclic) bond motifs is 3. The number of amides is 2. The van der Waals surface area contributed by atoms with E-state index in [-0.39, 0.29) is 63.8 Å². The van der Waals surface area contributed by atoms with Gasteiger partial charge in [0.05, 0.1) is 24.6 Å². The van der Waals surface area contributed by atoms with Gasteiger partial charge in [-0.1, -0.05) is 39.7 Å². The Morgan fingerprint density at radius 2 is 1.80 bits per heavy atom. The second-order valence-electron chi connectivity index (χ2n) is 10.8. The molecule has 3 aliphatic carbocycles. The number of methoxy groups -OCH3 is 1. The zero-order valence-electron chi connectivity index (χ0n) is 22.1. The molecule has 0 bridgehead atoms. The average molecular weight is 618 g/mol. The molecule has 1 saturated heterocycles. The summed E-state index contributed by atoms with van der Waals surface area (Å²) in [7, 11) is -0.363. The smallest absolute Gasteiger partial charge is 0.488 e. The van der Waals surface area contributed by atoms with Gasteiger partial charge in [0.15, 0.2) is 23.1 Å². The molecule has 0 radical (unpaired) electrons. The van der Waals surface area contributed by atoms with Crippen molar-refractivity contribution >= 4 is 57.6 Å². The minimum Gasteiger partial charge on any atom is -0.504 e. The zero-order chi connectivity index (χ0) is 29.3. The summed E-state index contributed by atoms with van der Waals surface area (Å²) >= 11 is 3.45. The van der Waals surface area contributed by atoms with E-state index in [9.17, 15) is 34.3 Å². The molecule has 1 aliphatic heterocycles. The molecule has 11 heteroatoms. The van der Waals surface area contributed by atoms with Crippen molar-refractivity contribution in [2.45, 2.75) is 25.7 Å². The molecule has 208 valence electrons. The first kappa shape index (κ1) is 27.4. The number of hydrogen-bond acceptors (Lipinski definition) is 8. The standard InChI is InChI=1S/C30H25BBrNO8/c1-13-8-22(34)20-12-19-17(24(26(20)27(13)35)21-10-15(32)11-23(41-2)28(21)36)6-7-18-25(19)30(38)33(29(18)37)16-5-3-4-14(9-16)31(39)40/h3-6,8-11,18-19,24-25,36,39-40H,7,12H2,1-2H3. The second-order valence-corrected chi connectivity index (χ2v) is 11.7. The van der Waals surface area contributed by atoms with Crippen LogP contribution in [0.15, 0.2) is 75.3 Å². The fourth-order valence-corrected chi connectivity index (χ4v) is 7.22. The van der Waals surface area contributed by atoms with Gasteiger partial charge in [-0.15, -0.1) is 0 Å². The third-order valence-electron chi connectivity index (χ3n) is 8.59. The molecule has 2 aromatic rings. The highest BCUT2D eigenvalue weighted by Crippen LogP contribution is 2.57. The molecule has 0 spiro atoms. The molecular weight excluding hydrogens is 593 g/mol. The van der Waals surface area contributed by atoms with Crippen molar-refractivity contribution in [3.63, 3.8) is 0 Å². The number of halogens is 1. The number of ether oxygens (including phenoxy) is 1. The molecule has 0 aromatic heterocycles. The lowest BCUT2D eigenvalue weighted by molar-refractivity contribution is -0.123. The van der Waals surface area contributed by atoms with Gasteiger partial charge in [0.2, 0.25) is 11.8 Å². The lowest BCUT2D eigenvalue weighted by atomic mass is 9.59. The van der Waals surface area contributed by atoms with E-state index in [2.05, 4.69) is 15.9 Å². The van der Waals surface area contributed by atoms with Crippen LogP contribution < -0.4 is 15.1 Å². The Kier molecular flexibility index (Phi) is 6.63. The van der Waals surface area contributed by atoms with Crippen molar-refractivity contribution in [1.29, 1.82) is 0 Å². The first-order valence-electron chi connectivity index (χ1n) is 13.1. The number of Topliss-reactive ketones (excluding diaryl/α,β-unsaturated/α-hetero) is 1. The number of ketones is 2. The second kappa shape index (κ2) is 9.94. The summed E-state index contributed by atoms with van der Waals surface area (Å²) in [6.45, 7) is 1.58. The van der Waals surface area contributed by atoms with Crippen LogP contribution in [0.25, 0.3) is 0 Å². The van der Waals surface area contributed by atoms with E-state index in [1.807, 2.05) is 6.08 Å². The van der Waals surface area contributed by atoms with Crippen molar-refractivity contribution in [3.8, 4) is 11.5 Å². The molecule has 1 heterocycles. The van der Waals surface area contributed by atoms with E-state index in [0.717, 1.165) is 4.90 Å². The number of carbonyl (C=O) groups is 4. The third-order valence-corrected chi connectivity index (χ3v) is 9.05. The number of imide groups is 1. The minimum absolute atomic E-state index is 0.0986. The van der Waals surface area contributed by atoms with Gasteiger partial charge in [-0.25, -0.2) is 0 Å². The predicted octanol–water partition coefficient (Wildman–Crippen LogP) is 2.48. The number of carbonyl (C=O) groups excluding carboxylic acids is 4. The van der Waals surface area contributed by atoms with Crippen LogP contribution >= 0.6 is 15.9 Å². The molecule has 6 rings (SSSR count). The van der Waals surface area contributed by atoms with Crippen molar-refractivity contribution in [2.24, 2.45) is 17.8 Å². The first-order chi connectivity index (χ1) is 19.5. The Hall–Kier alpha value is -3.80. The number of benzene rings is 2. The highest BCUT2D eigenvalue weighted by Gasteiger charge is 2.57. The van der Waals surface area contributed by atoms with Gasteiger partial charge in [-0.2, -0.15) is 0 Å². The van der Waals surface area contributed by atoms with Crippen LogP contribution in [0.3, 0.4) is 0 Å². The number of hydrogen-bond donors (Lipinski definition) is 3. The Balaban J connectivity index is 1.50. The maximum absolute atomic E-state index is 14.0. The predicted molar refractivity (Wildman–Crippen MR) is 152 cm³/mol. The topological polar surface area (TPSA) is 141 Å². The summed E-state index contributed by atoms with van der Waals surface area (Å²) < 4.78 is 5.96. The zero-order valence-corrected chi connectivity index (χ0v) is 23.7. The Bertz CT molecular complexity index is 1660. The van der Waals surface area contributed by atoms with Gasteiger partial charge in [0.25, 0.3) is 0 Å². The van der Waals surface area contributed by atoms with Gasteiger partial charge < -0.3 is 19.9 Å². The van der Waals surface area contributed by atoms with Crippen LogP contribution in [-0.2, 0) is 19.2 Å². The molecule has 2 aromatic carbocycles. The molecule has 4 unspecified atom stereocenters. The van der Waals surface area contributed by atoms with Crippen LogP contribution in [0.1, 0.15) is 31.2 Å². The maximum atomic E-state index is 14.0. The molecule has 41 heavy (non-hydrogen) atoms. The number of allylic oxidation sites excluding steroid dienone is 6. The number of nitrogens with zero attached hydrogens (tertiary/aromatic N) is 1. The summed E-state index contributed by atoms with van der Waals surface area (Å²) in [5, 5.41) is 30.5. The molecular formula is C30H25BBrNO8. The fourth-order valence-electron chi connectivity index (χ4n) is 6.77. The van der Waals surface area contributed by atoms with Gasteiger partial charge >= 0.3 is 7.12 Å². The molecule has 3 N–H and O–H groups in total. The van der Waals surface area contributed by atoms with E-state index in [0.29, 0.717) is 15.6 Å². The molecule has 2 amide bonds. The average Bonchev–Trinajstić information content (AvgIpc) is 3.21. The van der Waals surface area contributed by atoms with Crippen LogP contribution in [0, 0.1) is 17.8 Å². The fraction of sp³-hybridized carbons (Fsp3) is 0.267. The normalized spacial score (nSPS) is 25.4. The minimum atomic E-state index is -1.77. The highest BCUT2D eigenvalue weighted by molar-refractivity contribution is 9.10. The van der Waals surface area contributed by atoms with Gasteiger partial charge in [-0.3, -0.25) is 24.1 Å². The van der Waals surface area contributed by atoms with Crippen LogP contribution in [0.5, 0.6) is 11.5 Å². The van der Waals surface area contributed by atoms with E-state index in [1.54, 1.807) is 25.1 Å².